The Morgan fingerprint density at radius 3 is 2.71 bits per heavy atom. The monoisotopic (exact) mass is 286 g/mol. The Morgan fingerprint density at radius 2 is 2.00 bits per heavy atom. The molecule has 0 aromatic heterocycles. The van der Waals surface area contributed by atoms with Crippen LogP contribution in [0.4, 0.5) is 0 Å². The van der Waals surface area contributed by atoms with Crippen molar-refractivity contribution in [2.75, 3.05) is 26.2 Å². The third-order valence-corrected chi connectivity index (χ3v) is 4.27. The lowest BCUT2D eigenvalue weighted by atomic mass is 10.1. The maximum Gasteiger partial charge on any atom is 0.224 e. The van der Waals surface area contributed by atoms with Gasteiger partial charge in [-0.2, -0.15) is 0 Å². The molecular weight excluding hydrogens is 260 g/mol. The van der Waals surface area contributed by atoms with E-state index in [1.54, 1.807) is 0 Å². The zero-order valence-electron chi connectivity index (χ0n) is 13.4. The van der Waals surface area contributed by atoms with Crippen molar-refractivity contribution < 1.29 is 4.79 Å². The topological polar surface area (TPSA) is 23.6 Å². The fourth-order valence-corrected chi connectivity index (χ4v) is 2.67. The highest BCUT2D eigenvalue weighted by Gasteiger charge is 2.21. The van der Waals surface area contributed by atoms with Gasteiger partial charge < -0.3 is 4.90 Å². The predicted octanol–water partition coefficient (Wildman–Crippen LogP) is 3.00. The summed E-state index contributed by atoms with van der Waals surface area (Å²) >= 11 is 0. The number of aryl methyl sites for hydroxylation is 1. The first kappa shape index (κ1) is 15.8. The first-order valence-electron chi connectivity index (χ1n) is 7.76. The van der Waals surface area contributed by atoms with E-state index >= 15 is 0 Å². The van der Waals surface area contributed by atoms with Crippen molar-refractivity contribution in [3.05, 3.63) is 47.0 Å². The second-order valence-corrected chi connectivity index (χ2v) is 5.90. The molecule has 0 radical (unpaired) electrons. The molecule has 3 nitrogen and oxygen atoms in total. The van der Waals surface area contributed by atoms with Crippen LogP contribution >= 0.6 is 0 Å². The molecule has 114 valence electrons. The van der Waals surface area contributed by atoms with Gasteiger partial charge in [-0.25, -0.2) is 0 Å². The SMILES string of the molecule is CC=C(C)CN1CCC(=O)N(Cc2ccccc2C)CC1. The van der Waals surface area contributed by atoms with Gasteiger partial charge in [0.1, 0.15) is 0 Å². The van der Waals surface area contributed by atoms with Gasteiger partial charge in [-0.15, -0.1) is 0 Å². The lowest BCUT2D eigenvalue weighted by Gasteiger charge is -2.23. The summed E-state index contributed by atoms with van der Waals surface area (Å²) < 4.78 is 0. The van der Waals surface area contributed by atoms with E-state index < -0.39 is 0 Å². The van der Waals surface area contributed by atoms with E-state index in [9.17, 15) is 4.79 Å². The summed E-state index contributed by atoms with van der Waals surface area (Å²) in [5.41, 5.74) is 3.88. The molecule has 3 heteroatoms. The highest BCUT2D eigenvalue weighted by Crippen LogP contribution is 2.14. The van der Waals surface area contributed by atoms with Crippen LogP contribution in [0.3, 0.4) is 0 Å². The first-order chi connectivity index (χ1) is 10.1. The number of rotatable bonds is 4. The van der Waals surface area contributed by atoms with Crippen LogP contribution in [0.5, 0.6) is 0 Å². The van der Waals surface area contributed by atoms with Crippen molar-refractivity contribution in [2.24, 2.45) is 0 Å². The normalized spacial score (nSPS) is 18.0. The lowest BCUT2D eigenvalue weighted by molar-refractivity contribution is -0.130. The van der Waals surface area contributed by atoms with Crippen molar-refractivity contribution in [3.8, 4) is 0 Å². The minimum absolute atomic E-state index is 0.277. The van der Waals surface area contributed by atoms with Crippen molar-refractivity contribution >= 4 is 5.91 Å². The maximum atomic E-state index is 12.3. The summed E-state index contributed by atoms with van der Waals surface area (Å²) in [5, 5.41) is 0. The zero-order valence-corrected chi connectivity index (χ0v) is 13.4. The van der Waals surface area contributed by atoms with E-state index in [1.807, 2.05) is 17.0 Å². The Hall–Kier alpha value is -1.61. The highest BCUT2D eigenvalue weighted by molar-refractivity contribution is 5.76. The fraction of sp³-hybridized carbons (Fsp3) is 0.500. The first-order valence-corrected chi connectivity index (χ1v) is 7.76. The molecule has 1 aromatic carbocycles. The van der Waals surface area contributed by atoms with Gasteiger partial charge in [-0.05, 0) is 31.9 Å². The Labute approximate surface area is 128 Å². The Bertz CT molecular complexity index is 522. The number of carbonyl (C=O) groups excluding carboxylic acids is 1. The van der Waals surface area contributed by atoms with E-state index in [1.165, 1.54) is 16.7 Å². The average molecular weight is 286 g/mol. The molecule has 1 amide bonds. The van der Waals surface area contributed by atoms with Crippen LogP contribution in [-0.2, 0) is 11.3 Å². The molecule has 1 fully saturated rings. The molecule has 1 aliphatic rings. The molecule has 0 atom stereocenters. The molecule has 21 heavy (non-hydrogen) atoms. The molecule has 2 rings (SSSR count). The lowest BCUT2D eigenvalue weighted by Crippen LogP contribution is -2.33. The zero-order chi connectivity index (χ0) is 15.2. The van der Waals surface area contributed by atoms with Crippen LogP contribution in [0.1, 0.15) is 31.4 Å². The van der Waals surface area contributed by atoms with Crippen LogP contribution in [0, 0.1) is 6.92 Å². The molecule has 0 bridgehead atoms. The van der Waals surface area contributed by atoms with Crippen LogP contribution in [0.2, 0.25) is 0 Å². The maximum absolute atomic E-state index is 12.3. The molecule has 1 aliphatic heterocycles. The molecule has 0 saturated carbocycles. The number of carbonyl (C=O) groups is 1. The van der Waals surface area contributed by atoms with Crippen molar-refractivity contribution in [1.82, 2.24) is 9.80 Å². The van der Waals surface area contributed by atoms with Gasteiger partial charge in [0, 0.05) is 39.1 Å². The van der Waals surface area contributed by atoms with Crippen molar-refractivity contribution in [3.63, 3.8) is 0 Å². The second kappa shape index (κ2) is 7.41. The highest BCUT2D eigenvalue weighted by atomic mass is 16.2. The Balaban J connectivity index is 1.99. The number of hydrogen-bond donors (Lipinski definition) is 0. The molecule has 0 N–H and O–H groups in total. The van der Waals surface area contributed by atoms with Crippen LogP contribution in [-0.4, -0.2) is 41.9 Å². The minimum Gasteiger partial charge on any atom is -0.337 e. The standard InChI is InChI=1S/C18H26N2O/c1-4-15(2)13-19-10-9-18(21)20(12-11-19)14-17-8-6-5-7-16(17)3/h4-8H,9-14H2,1-3H3. The minimum atomic E-state index is 0.277. The quantitative estimate of drug-likeness (QED) is 0.794. The second-order valence-electron chi connectivity index (χ2n) is 5.90. The van der Waals surface area contributed by atoms with Crippen molar-refractivity contribution in [2.45, 2.75) is 33.7 Å². The van der Waals surface area contributed by atoms with Gasteiger partial charge in [0.15, 0.2) is 0 Å². The summed E-state index contributed by atoms with van der Waals surface area (Å²) in [6.45, 7) is 10.7. The molecule has 0 aliphatic carbocycles. The summed E-state index contributed by atoms with van der Waals surface area (Å²) in [6, 6.07) is 8.32. The van der Waals surface area contributed by atoms with Crippen LogP contribution in [0.15, 0.2) is 35.9 Å². The summed E-state index contributed by atoms with van der Waals surface area (Å²) in [4.78, 5) is 16.7. The molecule has 1 saturated heterocycles. The fourth-order valence-electron chi connectivity index (χ4n) is 2.67. The van der Waals surface area contributed by atoms with Crippen LogP contribution < -0.4 is 0 Å². The Morgan fingerprint density at radius 1 is 1.24 bits per heavy atom. The van der Waals surface area contributed by atoms with E-state index in [-0.39, 0.29) is 5.91 Å². The van der Waals surface area contributed by atoms with Gasteiger partial charge >= 0.3 is 0 Å². The summed E-state index contributed by atoms with van der Waals surface area (Å²) in [7, 11) is 0. The largest absolute Gasteiger partial charge is 0.337 e. The number of nitrogens with zero attached hydrogens (tertiary/aromatic N) is 2. The summed E-state index contributed by atoms with van der Waals surface area (Å²) in [5.74, 6) is 0.277. The molecule has 1 aromatic rings. The molecule has 0 unspecified atom stereocenters. The van der Waals surface area contributed by atoms with Gasteiger partial charge in [0.05, 0.1) is 0 Å². The number of hydrogen-bond acceptors (Lipinski definition) is 2. The van der Waals surface area contributed by atoms with Crippen LogP contribution in [0.25, 0.3) is 0 Å². The molecule has 0 spiro atoms. The van der Waals surface area contributed by atoms with E-state index in [2.05, 4.69) is 43.9 Å². The van der Waals surface area contributed by atoms with Gasteiger partial charge in [-0.1, -0.05) is 35.9 Å². The van der Waals surface area contributed by atoms with Crippen molar-refractivity contribution in [1.29, 1.82) is 0 Å². The average Bonchev–Trinajstić information content (AvgIpc) is 2.65. The number of allylic oxidation sites excluding steroid dienone is 1. The predicted molar refractivity (Wildman–Crippen MR) is 87.1 cm³/mol. The smallest absolute Gasteiger partial charge is 0.224 e. The third kappa shape index (κ3) is 4.43. The van der Waals surface area contributed by atoms with Gasteiger partial charge in [0.2, 0.25) is 5.91 Å². The van der Waals surface area contributed by atoms with E-state index in [0.29, 0.717) is 6.42 Å². The Kier molecular flexibility index (Phi) is 5.57. The third-order valence-electron chi connectivity index (χ3n) is 4.27. The van der Waals surface area contributed by atoms with E-state index in [4.69, 9.17) is 0 Å². The number of amides is 1. The molecule has 1 heterocycles. The summed E-state index contributed by atoms with van der Waals surface area (Å²) in [6.07, 6.45) is 2.78. The van der Waals surface area contributed by atoms with E-state index in [0.717, 1.165) is 32.7 Å². The van der Waals surface area contributed by atoms with Gasteiger partial charge in [-0.3, -0.25) is 9.69 Å². The molecular formula is C18H26N2O. The van der Waals surface area contributed by atoms with Gasteiger partial charge in [0.25, 0.3) is 0 Å². The number of benzene rings is 1.